The Morgan fingerprint density at radius 1 is 1.21 bits per heavy atom. The Hall–Kier alpha value is -1.48. The van der Waals surface area contributed by atoms with Crippen molar-refractivity contribution in [3.63, 3.8) is 0 Å². The van der Waals surface area contributed by atoms with Crippen LogP contribution in [-0.2, 0) is 0 Å². The first-order valence-corrected chi connectivity index (χ1v) is 7.20. The molecule has 0 fully saturated rings. The molecule has 3 nitrogen and oxygen atoms in total. The molecule has 1 aliphatic heterocycles. The molecule has 1 atom stereocenters. The summed E-state index contributed by atoms with van der Waals surface area (Å²) >= 11 is 0. The van der Waals surface area contributed by atoms with Crippen molar-refractivity contribution < 1.29 is 9.47 Å². The fraction of sp³-hybridized carbons (Fsp3) is 0.500. The lowest BCUT2D eigenvalue weighted by molar-refractivity contribution is 0.174. The Bertz CT molecular complexity index is 508. The lowest BCUT2D eigenvalue weighted by Crippen LogP contribution is -2.21. The van der Waals surface area contributed by atoms with Crippen molar-refractivity contribution in [1.29, 1.82) is 0 Å². The third-order valence-corrected chi connectivity index (χ3v) is 3.83. The average molecular weight is 259 g/mol. The molecule has 0 aromatic heterocycles. The predicted octanol–water partition coefficient (Wildman–Crippen LogP) is 3.65. The number of nitrogens with one attached hydrogen (secondary N) is 1. The van der Waals surface area contributed by atoms with E-state index in [4.69, 9.17) is 9.47 Å². The van der Waals surface area contributed by atoms with E-state index >= 15 is 0 Å². The van der Waals surface area contributed by atoms with Crippen LogP contribution in [0.5, 0.6) is 11.5 Å². The van der Waals surface area contributed by atoms with Gasteiger partial charge < -0.3 is 14.8 Å². The van der Waals surface area contributed by atoms with Crippen molar-refractivity contribution in [3.05, 3.63) is 28.8 Å². The van der Waals surface area contributed by atoms with Gasteiger partial charge in [0.1, 0.15) is 0 Å². The molecule has 3 heteroatoms. The number of rotatable bonds is 5. The highest BCUT2D eigenvalue weighted by atomic mass is 16.7. The van der Waals surface area contributed by atoms with E-state index in [1.807, 2.05) is 0 Å². The summed E-state index contributed by atoms with van der Waals surface area (Å²) in [6.45, 7) is 5.71. The molecule has 1 aromatic rings. The molecule has 0 spiro atoms. The second kappa shape index (κ2) is 5.25. The van der Waals surface area contributed by atoms with Crippen LogP contribution in [0.3, 0.4) is 0 Å². The van der Waals surface area contributed by atoms with Gasteiger partial charge in [0.25, 0.3) is 0 Å². The zero-order valence-electron chi connectivity index (χ0n) is 11.7. The first-order chi connectivity index (χ1) is 9.33. The van der Waals surface area contributed by atoms with Crippen molar-refractivity contribution in [2.24, 2.45) is 0 Å². The lowest BCUT2D eigenvalue weighted by atomic mass is 9.99. The zero-order valence-corrected chi connectivity index (χ0v) is 11.7. The van der Waals surface area contributed by atoms with Crippen molar-refractivity contribution in [2.75, 3.05) is 13.3 Å². The minimum Gasteiger partial charge on any atom is -0.454 e. The van der Waals surface area contributed by atoms with Crippen LogP contribution in [0.4, 0.5) is 0 Å². The van der Waals surface area contributed by atoms with Crippen LogP contribution in [0.2, 0.25) is 0 Å². The maximum Gasteiger partial charge on any atom is 0.231 e. The Labute approximate surface area is 114 Å². The van der Waals surface area contributed by atoms with Crippen LogP contribution >= 0.6 is 0 Å². The van der Waals surface area contributed by atoms with Gasteiger partial charge in [-0.2, -0.15) is 0 Å². The van der Waals surface area contributed by atoms with Gasteiger partial charge in [-0.1, -0.05) is 26.3 Å². The van der Waals surface area contributed by atoms with E-state index < -0.39 is 0 Å². The van der Waals surface area contributed by atoms with Crippen LogP contribution in [0.1, 0.15) is 50.3 Å². The van der Waals surface area contributed by atoms with Crippen LogP contribution in [-0.4, -0.2) is 13.3 Å². The molecule has 102 valence electrons. The van der Waals surface area contributed by atoms with Gasteiger partial charge in [-0.25, -0.2) is 0 Å². The van der Waals surface area contributed by atoms with Gasteiger partial charge in [0.15, 0.2) is 11.5 Å². The lowest BCUT2D eigenvalue weighted by Gasteiger charge is -2.18. The van der Waals surface area contributed by atoms with Crippen molar-refractivity contribution >= 4 is 6.08 Å². The van der Waals surface area contributed by atoms with Crippen molar-refractivity contribution in [3.8, 4) is 11.5 Å². The van der Waals surface area contributed by atoms with E-state index in [0.717, 1.165) is 24.5 Å². The topological polar surface area (TPSA) is 30.5 Å². The van der Waals surface area contributed by atoms with Gasteiger partial charge >= 0.3 is 0 Å². The maximum absolute atomic E-state index is 5.49. The van der Waals surface area contributed by atoms with Gasteiger partial charge in [0, 0.05) is 0 Å². The molecule has 1 aliphatic carbocycles. The Morgan fingerprint density at radius 2 is 2.00 bits per heavy atom. The molecule has 3 rings (SSSR count). The molecule has 0 saturated carbocycles. The van der Waals surface area contributed by atoms with Crippen LogP contribution < -0.4 is 14.8 Å². The van der Waals surface area contributed by atoms with E-state index in [1.54, 1.807) is 0 Å². The van der Waals surface area contributed by atoms with Crippen molar-refractivity contribution in [1.82, 2.24) is 5.32 Å². The third kappa shape index (κ3) is 2.23. The highest BCUT2D eigenvalue weighted by Crippen LogP contribution is 2.44. The molecule has 19 heavy (non-hydrogen) atoms. The molecule has 1 unspecified atom stereocenters. The quantitative estimate of drug-likeness (QED) is 0.875. The second-order valence-electron chi connectivity index (χ2n) is 5.15. The minimum atomic E-state index is 0.344. The number of ether oxygens (including phenoxy) is 2. The number of hydrogen-bond donors (Lipinski definition) is 1. The fourth-order valence-corrected chi connectivity index (χ4v) is 2.87. The monoisotopic (exact) mass is 259 g/mol. The number of fused-ring (bicyclic) bond motifs is 2. The number of likely N-dealkylation sites (N-methyl/N-ethyl adjacent to an activating group) is 1. The normalized spacial score (nSPS) is 19.5. The summed E-state index contributed by atoms with van der Waals surface area (Å²) in [5.74, 6) is 1.76. The SMILES string of the molecule is CCCCC1=Cc2cc3c(cc2C1NCC)OCO3. The minimum absolute atomic E-state index is 0.344. The van der Waals surface area contributed by atoms with E-state index in [0.29, 0.717) is 12.8 Å². The van der Waals surface area contributed by atoms with Crippen LogP contribution in [0.25, 0.3) is 6.08 Å². The van der Waals surface area contributed by atoms with Crippen LogP contribution in [0.15, 0.2) is 17.7 Å². The highest BCUT2D eigenvalue weighted by Gasteiger charge is 2.27. The number of unbranched alkanes of at least 4 members (excludes halogenated alkanes) is 1. The molecular weight excluding hydrogens is 238 g/mol. The fourth-order valence-electron chi connectivity index (χ4n) is 2.87. The maximum atomic E-state index is 5.49. The molecule has 0 saturated heterocycles. The van der Waals surface area contributed by atoms with Gasteiger partial charge in [0.2, 0.25) is 6.79 Å². The van der Waals surface area contributed by atoms with Crippen molar-refractivity contribution in [2.45, 2.75) is 39.2 Å². The summed E-state index contributed by atoms with van der Waals surface area (Å²) in [5.41, 5.74) is 4.10. The van der Waals surface area contributed by atoms with E-state index in [2.05, 4.69) is 37.4 Å². The second-order valence-corrected chi connectivity index (χ2v) is 5.15. The first-order valence-electron chi connectivity index (χ1n) is 7.20. The number of hydrogen-bond acceptors (Lipinski definition) is 3. The van der Waals surface area contributed by atoms with Gasteiger partial charge in [-0.05, 0) is 48.2 Å². The van der Waals surface area contributed by atoms with Gasteiger partial charge in [0.05, 0.1) is 6.04 Å². The molecule has 1 N–H and O–H groups in total. The largest absolute Gasteiger partial charge is 0.454 e. The number of benzene rings is 1. The van der Waals surface area contributed by atoms with Crippen LogP contribution in [0, 0.1) is 0 Å². The Balaban J connectivity index is 1.92. The molecular formula is C16H21NO2. The Kier molecular flexibility index (Phi) is 3.47. The zero-order chi connectivity index (χ0) is 13.2. The van der Waals surface area contributed by atoms with Gasteiger partial charge in [-0.15, -0.1) is 0 Å². The molecule has 0 amide bonds. The molecule has 0 bridgehead atoms. The van der Waals surface area contributed by atoms with E-state index in [9.17, 15) is 0 Å². The molecule has 2 aliphatic rings. The van der Waals surface area contributed by atoms with E-state index in [1.165, 1.54) is 29.5 Å². The summed E-state index contributed by atoms with van der Waals surface area (Å²) in [7, 11) is 0. The summed E-state index contributed by atoms with van der Waals surface area (Å²) in [5, 5.41) is 3.59. The first kappa shape index (κ1) is 12.5. The molecule has 1 aromatic carbocycles. The standard InChI is InChI=1S/C16H21NO2/c1-3-5-6-11-7-12-8-14-15(19-10-18-14)9-13(12)16(11)17-4-2/h7-9,16-17H,3-6,10H2,1-2H3. The van der Waals surface area contributed by atoms with E-state index in [-0.39, 0.29) is 0 Å². The molecule has 1 heterocycles. The van der Waals surface area contributed by atoms with Gasteiger partial charge in [-0.3, -0.25) is 0 Å². The Morgan fingerprint density at radius 3 is 2.74 bits per heavy atom. The molecule has 0 radical (unpaired) electrons. The third-order valence-electron chi connectivity index (χ3n) is 3.83. The average Bonchev–Trinajstić information content (AvgIpc) is 2.99. The summed E-state index contributed by atoms with van der Waals surface area (Å²) < 4.78 is 11.0. The smallest absolute Gasteiger partial charge is 0.231 e. The summed E-state index contributed by atoms with van der Waals surface area (Å²) in [6.07, 6.45) is 5.96. The summed E-state index contributed by atoms with van der Waals surface area (Å²) in [4.78, 5) is 0. The predicted molar refractivity (Wildman–Crippen MR) is 76.5 cm³/mol. The highest BCUT2D eigenvalue weighted by molar-refractivity contribution is 5.70. The summed E-state index contributed by atoms with van der Waals surface area (Å²) in [6, 6.07) is 4.60.